The van der Waals surface area contributed by atoms with E-state index in [-0.39, 0.29) is 0 Å². The van der Waals surface area contributed by atoms with Crippen LogP contribution in [-0.2, 0) is 4.79 Å². The van der Waals surface area contributed by atoms with Crippen LogP contribution in [0.5, 0.6) is 0 Å². The SMILES string of the molecule is [2H]N([2H])[C@@]([2H])(CF)C(=O)O. The number of hydrogen-bond donors (Lipinski definition) is 2. The fourth-order valence-corrected chi connectivity index (χ4v) is 0.0572. The number of alkyl halides is 1. The summed E-state index contributed by atoms with van der Waals surface area (Å²) in [6, 6.07) is -2.79. The second kappa shape index (κ2) is 2.52. The van der Waals surface area contributed by atoms with Gasteiger partial charge in [-0.1, -0.05) is 0 Å². The highest BCUT2D eigenvalue weighted by atomic mass is 19.1. The Balaban J connectivity index is 4.38. The van der Waals surface area contributed by atoms with Crippen molar-refractivity contribution in [3.63, 3.8) is 0 Å². The Kier molecular flexibility index (Phi) is 0.941. The topological polar surface area (TPSA) is 63.3 Å². The zero-order valence-corrected chi connectivity index (χ0v) is 3.39. The molecule has 0 saturated carbocycles. The summed E-state index contributed by atoms with van der Waals surface area (Å²) in [6.45, 7) is -1.59. The predicted octanol–water partition coefficient (Wildman–Crippen LogP) is -0.632. The van der Waals surface area contributed by atoms with Gasteiger partial charge in [0.1, 0.15) is 15.5 Å². The molecule has 0 amide bonds. The fourth-order valence-electron chi connectivity index (χ4n) is 0.0572. The third-order valence-corrected chi connectivity index (χ3v) is 0.373. The third-order valence-electron chi connectivity index (χ3n) is 0.373. The lowest BCUT2D eigenvalue weighted by Gasteiger charge is -1.94. The Labute approximate surface area is 44.3 Å². The number of carboxylic acid groups (broad SMARTS) is 1. The smallest absolute Gasteiger partial charge is 0.323 e. The molecule has 0 heterocycles. The van der Waals surface area contributed by atoms with Crippen molar-refractivity contribution < 1.29 is 18.5 Å². The van der Waals surface area contributed by atoms with Gasteiger partial charge in [0.2, 0.25) is 0 Å². The van der Waals surface area contributed by atoms with Gasteiger partial charge in [0, 0.05) is 0 Å². The lowest BCUT2D eigenvalue weighted by Crippen LogP contribution is -2.31. The molecule has 0 spiro atoms. The second-order valence-corrected chi connectivity index (χ2v) is 0.885. The molecule has 0 bridgehead atoms. The van der Waals surface area contributed by atoms with Gasteiger partial charge in [-0.15, -0.1) is 0 Å². The van der Waals surface area contributed by atoms with E-state index in [2.05, 4.69) is 0 Å². The molecule has 42 valence electrons. The van der Waals surface area contributed by atoms with E-state index in [9.17, 15) is 9.18 Å². The van der Waals surface area contributed by atoms with Gasteiger partial charge < -0.3 is 10.8 Å². The fraction of sp³-hybridized carbons (Fsp3) is 0.667. The van der Waals surface area contributed by atoms with Crippen molar-refractivity contribution in [3.8, 4) is 0 Å². The van der Waals surface area contributed by atoms with Crippen molar-refractivity contribution in [3.05, 3.63) is 0 Å². The molecule has 0 aromatic rings. The molecule has 0 radical (unpaired) electrons. The quantitative estimate of drug-likeness (QED) is 0.508. The van der Waals surface area contributed by atoms with Gasteiger partial charge in [0.25, 0.3) is 0 Å². The average Bonchev–Trinajstić information content (AvgIpc) is 1.85. The van der Waals surface area contributed by atoms with E-state index in [1.165, 1.54) is 0 Å². The third kappa shape index (κ3) is 2.11. The normalized spacial score (nSPS) is 24.6. The zero-order chi connectivity index (χ0) is 8.36. The largest absolute Gasteiger partial charge is 0.480 e. The number of halogens is 1. The van der Waals surface area contributed by atoms with E-state index in [4.69, 9.17) is 9.30 Å². The summed E-state index contributed by atoms with van der Waals surface area (Å²) in [7, 11) is 0. The summed E-state index contributed by atoms with van der Waals surface area (Å²) in [6.07, 6.45) is 0. The summed E-state index contributed by atoms with van der Waals surface area (Å²) in [5.74, 6) is -1.85. The molecule has 3 nitrogen and oxygen atoms in total. The van der Waals surface area contributed by atoms with E-state index in [0.29, 0.717) is 0 Å². The van der Waals surface area contributed by atoms with Crippen LogP contribution in [-0.4, -0.2) is 23.8 Å². The first-order chi connectivity index (χ1) is 4.45. The first-order valence-electron chi connectivity index (χ1n) is 2.92. The molecular formula is C3H6FNO2. The Morgan fingerprint density at radius 3 is 3.00 bits per heavy atom. The lowest BCUT2D eigenvalue weighted by atomic mass is 10.4. The van der Waals surface area contributed by atoms with Crippen molar-refractivity contribution in [1.29, 1.82) is 0 Å². The molecule has 0 aliphatic rings. The van der Waals surface area contributed by atoms with Crippen LogP contribution in [0.2, 0.25) is 2.82 Å². The Hall–Kier alpha value is -0.640. The van der Waals surface area contributed by atoms with E-state index < -0.39 is 24.4 Å². The van der Waals surface area contributed by atoms with Gasteiger partial charge in [-0.05, 0) is 0 Å². The summed E-state index contributed by atoms with van der Waals surface area (Å²) in [4.78, 5) is 9.98. The monoisotopic (exact) mass is 110 g/mol. The van der Waals surface area contributed by atoms with Gasteiger partial charge >= 0.3 is 5.97 Å². The number of aliphatic carboxylic acids is 1. The minimum Gasteiger partial charge on any atom is -0.480 e. The molecule has 0 aliphatic heterocycles. The van der Waals surface area contributed by atoms with Crippen LogP contribution >= 0.6 is 0 Å². The van der Waals surface area contributed by atoms with Crippen molar-refractivity contribution >= 4 is 5.97 Å². The number of carboxylic acids is 1. The van der Waals surface area contributed by atoms with Crippen LogP contribution in [0.4, 0.5) is 4.39 Å². The highest BCUT2D eigenvalue weighted by Gasteiger charge is 2.08. The van der Waals surface area contributed by atoms with E-state index in [0.717, 1.165) is 0 Å². The molecule has 0 saturated heterocycles. The maximum Gasteiger partial charge on any atom is 0.323 e. The molecule has 4 heteroatoms. The van der Waals surface area contributed by atoms with Gasteiger partial charge in [-0.3, -0.25) is 4.79 Å². The molecule has 7 heavy (non-hydrogen) atoms. The molecule has 3 N–H and O–H groups in total. The van der Waals surface area contributed by atoms with Gasteiger partial charge in [0.05, 0.1) is 1.37 Å². The highest BCUT2D eigenvalue weighted by Crippen LogP contribution is 1.76. The van der Waals surface area contributed by atoms with Crippen LogP contribution in [0.3, 0.4) is 0 Å². The van der Waals surface area contributed by atoms with Gasteiger partial charge in [-0.2, -0.15) is 0 Å². The molecule has 0 fully saturated rings. The van der Waals surface area contributed by atoms with Crippen LogP contribution < -0.4 is 5.72 Å². The van der Waals surface area contributed by atoms with Gasteiger partial charge in [-0.25, -0.2) is 4.39 Å². The van der Waals surface area contributed by atoms with Crippen LogP contribution in [0, 0.1) is 0 Å². The Morgan fingerprint density at radius 1 is 2.43 bits per heavy atom. The highest BCUT2D eigenvalue weighted by molar-refractivity contribution is 5.73. The van der Waals surface area contributed by atoms with Crippen LogP contribution in [0.15, 0.2) is 0 Å². The Morgan fingerprint density at radius 2 is 3.00 bits per heavy atom. The van der Waals surface area contributed by atoms with E-state index >= 15 is 0 Å². The van der Waals surface area contributed by atoms with Crippen LogP contribution in [0.1, 0.15) is 1.37 Å². The minimum absolute atomic E-state index is 0.491. The van der Waals surface area contributed by atoms with Gasteiger partial charge in [0.15, 0.2) is 0 Å². The summed E-state index contributed by atoms with van der Waals surface area (Å²) in [5.41, 5.74) is -0.491. The first-order valence-corrected chi connectivity index (χ1v) is 1.52. The maximum absolute atomic E-state index is 11.7. The lowest BCUT2D eigenvalue weighted by molar-refractivity contribution is -0.138. The number of carbonyl (C=O) groups is 1. The van der Waals surface area contributed by atoms with Crippen molar-refractivity contribution in [2.24, 2.45) is 5.72 Å². The van der Waals surface area contributed by atoms with E-state index in [1.807, 2.05) is 0 Å². The summed E-state index contributed by atoms with van der Waals surface area (Å²) >= 11 is 0. The zero-order valence-electron chi connectivity index (χ0n) is 6.39. The average molecular weight is 110 g/mol. The second-order valence-electron chi connectivity index (χ2n) is 0.885. The van der Waals surface area contributed by atoms with Crippen LogP contribution in [0.25, 0.3) is 0 Å². The van der Waals surface area contributed by atoms with Crippen molar-refractivity contribution in [1.82, 2.24) is 0 Å². The maximum atomic E-state index is 11.7. The molecular weight excluding hydrogens is 101 g/mol. The number of nitrogens with two attached hydrogens (primary N) is 1. The molecule has 0 rings (SSSR count). The summed E-state index contributed by atoms with van der Waals surface area (Å²) in [5, 5.41) is 8.09. The van der Waals surface area contributed by atoms with Crippen molar-refractivity contribution in [2.45, 2.75) is 6.02 Å². The molecule has 0 aromatic heterocycles. The Bertz CT molecular complexity index is 144. The number of rotatable bonds is 3. The molecule has 0 aromatic carbocycles. The minimum atomic E-state index is -2.79. The molecule has 0 unspecified atom stereocenters. The summed E-state index contributed by atoms with van der Waals surface area (Å²) < 4.78 is 31.1. The molecule has 0 aliphatic carbocycles. The van der Waals surface area contributed by atoms with E-state index in [1.54, 1.807) is 0 Å². The standard InChI is InChI=1S/C3H6FNO2/c4-1-2(5)3(6)7/h2H,1,5H2,(H,6,7)/t2-/m0/s1/i2D/hD2. The number of hydrogen-bond acceptors (Lipinski definition) is 2. The molecule has 1 atom stereocenters. The predicted molar refractivity (Wildman–Crippen MR) is 21.6 cm³/mol. The first kappa shape index (κ1) is 2.61. The van der Waals surface area contributed by atoms with Crippen molar-refractivity contribution in [2.75, 3.05) is 6.67 Å².